The van der Waals surface area contributed by atoms with Crippen molar-refractivity contribution in [2.24, 2.45) is 5.73 Å². The van der Waals surface area contributed by atoms with Crippen molar-refractivity contribution in [3.63, 3.8) is 0 Å². The number of carbonyl (C=O) groups is 3. The molecule has 0 aliphatic heterocycles. The Labute approximate surface area is 134 Å². The van der Waals surface area contributed by atoms with E-state index in [4.69, 9.17) is 5.73 Å². The van der Waals surface area contributed by atoms with Gasteiger partial charge in [-0.25, -0.2) is 0 Å². The lowest BCUT2D eigenvalue weighted by Crippen LogP contribution is -2.32. The van der Waals surface area contributed by atoms with E-state index >= 15 is 0 Å². The van der Waals surface area contributed by atoms with E-state index in [-0.39, 0.29) is 23.7 Å². The normalized spacial score (nSPS) is 12.8. The summed E-state index contributed by atoms with van der Waals surface area (Å²) in [6, 6.07) is -0.0449. The van der Waals surface area contributed by atoms with Gasteiger partial charge in [0.25, 0.3) is 0 Å². The Morgan fingerprint density at radius 2 is 1.41 bits per heavy atom. The predicted octanol–water partition coefficient (Wildman–Crippen LogP) is 0.825. The molecule has 0 radical (unpaired) electrons. The first-order valence-electron chi connectivity index (χ1n) is 7.93. The summed E-state index contributed by atoms with van der Waals surface area (Å²) in [4.78, 5) is 31.6. The fourth-order valence-electron chi connectivity index (χ4n) is 2.00. The lowest BCUT2D eigenvalue weighted by atomic mass is 10.1. The largest absolute Gasteiger partial charge is 0.330 e. The predicted molar refractivity (Wildman–Crippen MR) is 89.9 cm³/mol. The minimum atomic E-state index is -0.0741. The maximum Gasteiger partial charge on any atom is 0.146 e. The van der Waals surface area contributed by atoms with Crippen molar-refractivity contribution < 1.29 is 14.4 Å². The molecule has 0 saturated heterocycles. The summed E-state index contributed by atoms with van der Waals surface area (Å²) < 4.78 is 0. The summed E-state index contributed by atoms with van der Waals surface area (Å²) in [7, 11) is 3.57. The van der Waals surface area contributed by atoms with Crippen LogP contribution in [0.2, 0.25) is 0 Å². The van der Waals surface area contributed by atoms with E-state index in [0.717, 1.165) is 38.4 Å². The highest BCUT2D eigenvalue weighted by molar-refractivity contribution is 5.81. The Bertz CT molecular complexity index is 309. The molecule has 0 aromatic carbocycles. The van der Waals surface area contributed by atoms with Gasteiger partial charge in [0.05, 0.1) is 12.1 Å². The van der Waals surface area contributed by atoms with E-state index in [2.05, 4.69) is 10.6 Å². The highest BCUT2D eigenvalue weighted by atomic mass is 16.1. The Morgan fingerprint density at radius 1 is 0.955 bits per heavy atom. The zero-order valence-electron chi connectivity index (χ0n) is 14.5. The number of ketones is 2. The molecule has 0 heterocycles. The summed E-state index contributed by atoms with van der Waals surface area (Å²) in [6.07, 6.45) is 5.91. The van der Waals surface area contributed by atoms with Gasteiger partial charge in [-0.2, -0.15) is 0 Å². The Morgan fingerprint density at radius 3 is 1.73 bits per heavy atom. The van der Waals surface area contributed by atoms with Gasteiger partial charge in [-0.05, 0) is 60.2 Å². The molecule has 0 amide bonds. The molecule has 2 unspecified atom stereocenters. The first-order chi connectivity index (χ1) is 10.4. The second-order valence-electron chi connectivity index (χ2n) is 5.29. The number of unbranched alkanes of at least 4 members (excludes halogenated alkanes) is 2. The van der Waals surface area contributed by atoms with E-state index in [1.165, 1.54) is 0 Å². The van der Waals surface area contributed by atoms with Crippen molar-refractivity contribution >= 4 is 17.9 Å². The van der Waals surface area contributed by atoms with Gasteiger partial charge in [0.2, 0.25) is 0 Å². The Balaban J connectivity index is 0. The highest BCUT2D eigenvalue weighted by Crippen LogP contribution is 2.00. The van der Waals surface area contributed by atoms with Crippen LogP contribution in [0.1, 0.15) is 52.4 Å². The van der Waals surface area contributed by atoms with E-state index in [1.807, 2.05) is 7.05 Å². The van der Waals surface area contributed by atoms with Crippen molar-refractivity contribution in [1.82, 2.24) is 10.6 Å². The van der Waals surface area contributed by atoms with Crippen molar-refractivity contribution in [3.05, 3.63) is 0 Å². The number of hydrogen-bond acceptors (Lipinski definition) is 6. The number of hydrogen-bond donors (Lipinski definition) is 3. The monoisotopic (exact) mass is 315 g/mol. The summed E-state index contributed by atoms with van der Waals surface area (Å²) in [5.74, 6) is 0.350. The van der Waals surface area contributed by atoms with Gasteiger partial charge in [0.15, 0.2) is 0 Å². The van der Waals surface area contributed by atoms with Gasteiger partial charge in [-0.15, -0.1) is 0 Å². The van der Waals surface area contributed by atoms with Crippen LogP contribution in [0.4, 0.5) is 0 Å². The van der Waals surface area contributed by atoms with E-state index < -0.39 is 0 Å². The molecule has 0 fully saturated rings. The van der Waals surface area contributed by atoms with Gasteiger partial charge in [-0.1, -0.05) is 6.42 Å². The van der Waals surface area contributed by atoms with Gasteiger partial charge < -0.3 is 21.2 Å². The molecule has 4 N–H and O–H groups in total. The molecule has 0 saturated carbocycles. The third-order valence-electron chi connectivity index (χ3n) is 3.44. The summed E-state index contributed by atoms with van der Waals surface area (Å²) in [5, 5.41) is 5.86. The highest BCUT2D eigenvalue weighted by Gasteiger charge is 2.10. The molecule has 0 aliphatic rings. The first-order valence-corrected chi connectivity index (χ1v) is 7.93. The molecule has 0 aliphatic carbocycles. The minimum Gasteiger partial charge on any atom is -0.330 e. The molecule has 0 rings (SSSR count). The van der Waals surface area contributed by atoms with E-state index in [1.54, 1.807) is 20.9 Å². The van der Waals surface area contributed by atoms with Crippen LogP contribution < -0.4 is 16.4 Å². The van der Waals surface area contributed by atoms with Crippen molar-refractivity contribution in [3.8, 4) is 0 Å². The lowest BCUT2D eigenvalue weighted by Gasteiger charge is -2.11. The smallest absolute Gasteiger partial charge is 0.146 e. The van der Waals surface area contributed by atoms with Crippen LogP contribution >= 0.6 is 0 Å². The quantitative estimate of drug-likeness (QED) is 0.364. The topological polar surface area (TPSA) is 101 Å². The molecule has 0 aromatic heterocycles. The van der Waals surface area contributed by atoms with Crippen molar-refractivity contribution in [2.75, 3.05) is 20.6 Å². The number of carbonyl (C=O) groups excluding carboxylic acids is 3. The molecule has 130 valence electrons. The maximum absolute atomic E-state index is 10.9. The number of likely N-dealkylation sites (N-methyl/N-ethyl adjacent to an activating group) is 2. The Kier molecular flexibility index (Phi) is 17.1. The zero-order valence-corrected chi connectivity index (χ0v) is 14.5. The number of nitrogens with two attached hydrogens (primary N) is 1. The average molecular weight is 315 g/mol. The van der Waals surface area contributed by atoms with E-state index in [0.29, 0.717) is 13.0 Å². The number of nitrogens with one attached hydrogen (secondary N) is 2. The standard InChI is InChI=1S/C8H18N2O.C8H15NO2/c1-7(11)8(10-2)5-3-4-6-9;1-7(11)8(9-2)5-3-4-6-10/h8,10H,3-6,9H2,1-2H3;6,8-9H,3-5H2,1-2H3. The van der Waals surface area contributed by atoms with Gasteiger partial charge >= 0.3 is 0 Å². The fourth-order valence-corrected chi connectivity index (χ4v) is 2.00. The Hall–Kier alpha value is -1.11. The van der Waals surface area contributed by atoms with Crippen LogP contribution in [0.15, 0.2) is 0 Å². The molecule has 6 nitrogen and oxygen atoms in total. The zero-order chi connectivity index (χ0) is 17.4. The second-order valence-corrected chi connectivity index (χ2v) is 5.29. The molecule has 0 spiro atoms. The average Bonchev–Trinajstić information content (AvgIpc) is 2.48. The van der Waals surface area contributed by atoms with Crippen molar-refractivity contribution in [2.45, 2.75) is 64.5 Å². The second kappa shape index (κ2) is 16.3. The first kappa shape index (κ1) is 23.2. The summed E-state index contributed by atoms with van der Waals surface area (Å²) in [5.41, 5.74) is 5.33. The number of Topliss-reactive ketones (excluding diaryl/α,β-unsaturated/α-hetero) is 2. The van der Waals surface area contributed by atoms with Crippen LogP contribution in [0.3, 0.4) is 0 Å². The van der Waals surface area contributed by atoms with Crippen LogP contribution in [-0.4, -0.2) is 50.6 Å². The van der Waals surface area contributed by atoms with E-state index in [9.17, 15) is 14.4 Å². The number of rotatable bonds is 12. The maximum atomic E-state index is 10.9. The van der Waals surface area contributed by atoms with Gasteiger partial charge in [0, 0.05) is 6.42 Å². The summed E-state index contributed by atoms with van der Waals surface area (Å²) >= 11 is 0. The van der Waals surface area contributed by atoms with Crippen LogP contribution in [0.25, 0.3) is 0 Å². The molecule has 0 bridgehead atoms. The number of aldehydes is 1. The van der Waals surface area contributed by atoms with Crippen LogP contribution in [-0.2, 0) is 14.4 Å². The molecular formula is C16H33N3O3. The van der Waals surface area contributed by atoms with Crippen LogP contribution in [0.5, 0.6) is 0 Å². The molecule has 6 heteroatoms. The van der Waals surface area contributed by atoms with Crippen LogP contribution in [0, 0.1) is 0 Å². The third-order valence-corrected chi connectivity index (χ3v) is 3.44. The van der Waals surface area contributed by atoms with Gasteiger partial charge in [0.1, 0.15) is 17.9 Å². The SMILES string of the molecule is CNC(CCCC=O)C(C)=O.CNC(CCCCN)C(C)=O. The van der Waals surface area contributed by atoms with Gasteiger partial charge in [-0.3, -0.25) is 9.59 Å². The van der Waals surface area contributed by atoms with Crippen molar-refractivity contribution in [1.29, 1.82) is 0 Å². The minimum absolute atomic E-state index is 0.0292. The molecule has 0 aromatic rings. The fraction of sp³-hybridized carbons (Fsp3) is 0.812. The lowest BCUT2D eigenvalue weighted by molar-refractivity contribution is -0.119. The summed E-state index contributed by atoms with van der Waals surface area (Å²) in [6.45, 7) is 3.89. The molecular weight excluding hydrogens is 282 g/mol. The third kappa shape index (κ3) is 13.9. The molecule has 22 heavy (non-hydrogen) atoms. The molecule has 2 atom stereocenters.